The largest absolute Gasteiger partial charge is 0.328 e. The Kier molecular flexibility index (Phi) is 4.19. The molecule has 2 N–H and O–H groups in total. The van der Waals surface area contributed by atoms with Gasteiger partial charge in [-0.3, -0.25) is 4.90 Å². The highest BCUT2D eigenvalue weighted by molar-refractivity contribution is 5.22. The molecule has 2 rings (SSSR count). The van der Waals surface area contributed by atoms with Crippen LogP contribution in [0.2, 0.25) is 0 Å². The quantitative estimate of drug-likeness (QED) is 0.868. The molecule has 0 bridgehead atoms. The molecule has 1 saturated heterocycles. The molecule has 2 heteroatoms. The van der Waals surface area contributed by atoms with Crippen LogP contribution >= 0.6 is 0 Å². The summed E-state index contributed by atoms with van der Waals surface area (Å²) in [7, 11) is 0. The molecular formula is C15H24N2. The number of rotatable bonds is 3. The number of hydrogen-bond donors (Lipinski definition) is 1. The fourth-order valence-electron chi connectivity index (χ4n) is 2.71. The van der Waals surface area contributed by atoms with Crippen LogP contribution in [-0.4, -0.2) is 24.0 Å². The first kappa shape index (κ1) is 12.6. The van der Waals surface area contributed by atoms with Crippen LogP contribution in [0.5, 0.6) is 0 Å². The molecule has 1 heterocycles. The molecule has 0 aliphatic carbocycles. The maximum absolute atomic E-state index is 5.97. The molecule has 0 aromatic heterocycles. The van der Waals surface area contributed by atoms with Crippen molar-refractivity contribution in [1.82, 2.24) is 4.90 Å². The molecule has 1 aliphatic rings. The van der Waals surface area contributed by atoms with Gasteiger partial charge < -0.3 is 5.73 Å². The lowest BCUT2D eigenvalue weighted by molar-refractivity contribution is 0.165. The molecule has 1 aromatic rings. The molecule has 1 atom stereocenters. The number of nitrogens with two attached hydrogens (primary N) is 1. The average molecular weight is 232 g/mol. The van der Waals surface area contributed by atoms with Crippen LogP contribution in [0.1, 0.15) is 30.9 Å². The standard InChI is InChI=1S/C15H24N2/c1-12-4-3-5-14(10-12)11-17-8-6-15(7-9-17)13(2)16/h3-5,10,13,15H,6-9,11,16H2,1-2H3. The minimum absolute atomic E-state index is 0.358. The van der Waals surface area contributed by atoms with E-state index in [4.69, 9.17) is 5.73 Å². The van der Waals surface area contributed by atoms with Gasteiger partial charge in [-0.1, -0.05) is 29.8 Å². The van der Waals surface area contributed by atoms with Gasteiger partial charge in [0.2, 0.25) is 0 Å². The Morgan fingerprint density at radius 3 is 2.65 bits per heavy atom. The lowest BCUT2D eigenvalue weighted by atomic mass is 9.91. The topological polar surface area (TPSA) is 29.3 Å². The molecule has 1 unspecified atom stereocenters. The van der Waals surface area contributed by atoms with Crippen molar-refractivity contribution < 1.29 is 0 Å². The van der Waals surface area contributed by atoms with Crippen molar-refractivity contribution in [3.8, 4) is 0 Å². The van der Waals surface area contributed by atoms with Crippen molar-refractivity contribution in [3.63, 3.8) is 0 Å². The lowest BCUT2D eigenvalue weighted by Gasteiger charge is -2.33. The van der Waals surface area contributed by atoms with E-state index in [0.29, 0.717) is 6.04 Å². The van der Waals surface area contributed by atoms with E-state index < -0.39 is 0 Å². The van der Waals surface area contributed by atoms with E-state index in [1.807, 2.05) is 0 Å². The SMILES string of the molecule is Cc1cccc(CN2CCC(C(C)N)CC2)c1. The van der Waals surface area contributed by atoms with Gasteiger partial charge in [0, 0.05) is 12.6 Å². The summed E-state index contributed by atoms with van der Waals surface area (Å²) in [5, 5.41) is 0. The Balaban J connectivity index is 1.86. The molecule has 2 nitrogen and oxygen atoms in total. The first-order valence-electron chi connectivity index (χ1n) is 6.68. The average Bonchev–Trinajstić information content (AvgIpc) is 2.29. The zero-order valence-electron chi connectivity index (χ0n) is 11.0. The molecule has 0 saturated carbocycles. The number of hydrogen-bond acceptors (Lipinski definition) is 2. The first-order valence-corrected chi connectivity index (χ1v) is 6.68. The second-order valence-electron chi connectivity index (χ2n) is 5.46. The molecule has 0 radical (unpaired) electrons. The van der Waals surface area contributed by atoms with Gasteiger partial charge in [0.25, 0.3) is 0 Å². The monoisotopic (exact) mass is 232 g/mol. The van der Waals surface area contributed by atoms with Crippen molar-refractivity contribution in [2.24, 2.45) is 11.7 Å². The van der Waals surface area contributed by atoms with Crippen LogP contribution in [0.25, 0.3) is 0 Å². The van der Waals surface area contributed by atoms with Crippen molar-refractivity contribution in [1.29, 1.82) is 0 Å². The summed E-state index contributed by atoms with van der Waals surface area (Å²) >= 11 is 0. The molecule has 0 spiro atoms. The Hall–Kier alpha value is -0.860. The summed E-state index contributed by atoms with van der Waals surface area (Å²) in [5.41, 5.74) is 8.76. The van der Waals surface area contributed by atoms with Gasteiger partial charge >= 0.3 is 0 Å². The number of likely N-dealkylation sites (tertiary alicyclic amines) is 1. The van der Waals surface area contributed by atoms with Gasteiger partial charge in [-0.25, -0.2) is 0 Å². The summed E-state index contributed by atoms with van der Waals surface area (Å²) in [5.74, 6) is 0.726. The summed E-state index contributed by atoms with van der Waals surface area (Å²) in [4.78, 5) is 2.55. The Morgan fingerprint density at radius 1 is 1.35 bits per heavy atom. The Bertz CT molecular complexity index is 352. The maximum Gasteiger partial charge on any atom is 0.0233 e. The second-order valence-corrected chi connectivity index (χ2v) is 5.46. The third kappa shape index (κ3) is 3.55. The van der Waals surface area contributed by atoms with Crippen molar-refractivity contribution in [2.75, 3.05) is 13.1 Å². The zero-order chi connectivity index (χ0) is 12.3. The predicted octanol–water partition coefficient (Wildman–Crippen LogP) is 2.55. The van der Waals surface area contributed by atoms with Crippen LogP contribution in [0.4, 0.5) is 0 Å². The number of nitrogens with zero attached hydrogens (tertiary/aromatic N) is 1. The maximum atomic E-state index is 5.97. The molecule has 17 heavy (non-hydrogen) atoms. The second kappa shape index (κ2) is 5.65. The van der Waals surface area contributed by atoms with Crippen LogP contribution in [0.3, 0.4) is 0 Å². The molecule has 94 valence electrons. The minimum atomic E-state index is 0.358. The summed E-state index contributed by atoms with van der Waals surface area (Å²) in [6.07, 6.45) is 2.51. The zero-order valence-corrected chi connectivity index (χ0v) is 11.0. The van der Waals surface area contributed by atoms with Gasteiger partial charge in [0.05, 0.1) is 0 Å². The van der Waals surface area contributed by atoms with E-state index >= 15 is 0 Å². The summed E-state index contributed by atoms with van der Waals surface area (Å²) in [6, 6.07) is 9.18. The van der Waals surface area contributed by atoms with E-state index in [9.17, 15) is 0 Å². The van der Waals surface area contributed by atoms with Gasteiger partial charge in [-0.2, -0.15) is 0 Å². The van der Waals surface area contributed by atoms with E-state index in [1.165, 1.54) is 37.1 Å². The Morgan fingerprint density at radius 2 is 2.06 bits per heavy atom. The highest BCUT2D eigenvalue weighted by Crippen LogP contribution is 2.21. The highest BCUT2D eigenvalue weighted by Gasteiger charge is 2.21. The normalized spacial score (nSPS) is 20.4. The van der Waals surface area contributed by atoms with Gasteiger partial charge in [0.15, 0.2) is 0 Å². The van der Waals surface area contributed by atoms with Crippen LogP contribution in [-0.2, 0) is 6.54 Å². The fourth-order valence-corrected chi connectivity index (χ4v) is 2.71. The van der Waals surface area contributed by atoms with Crippen molar-refractivity contribution >= 4 is 0 Å². The molecule has 1 aromatic carbocycles. The minimum Gasteiger partial charge on any atom is -0.328 e. The van der Waals surface area contributed by atoms with E-state index in [-0.39, 0.29) is 0 Å². The third-order valence-electron chi connectivity index (χ3n) is 3.86. The van der Waals surface area contributed by atoms with Gasteiger partial charge in [0.1, 0.15) is 0 Å². The van der Waals surface area contributed by atoms with Gasteiger partial charge in [-0.15, -0.1) is 0 Å². The van der Waals surface area contributed by atoms with E-state index in [0.717, 1.165) is 12.5 Å². The van der Waals surface area contributed by atoms with Crippen LogP contribution < -0.4 is 5.73 Å². The van der Waals surface area contributed by atoms with E-state index in [2.05, 4.69) is 43.0 Å². The van der Waals surface area contributed by atoms with Crippen LogP contribution in [0, 0.1) is 12.8 Å². The van der Waals surface area contributed by atoms with Crippen molar-refractivity contribution in [2.45, 2.75) is 39.3 Å². The molecule has 0 amide bonds. The highest BCUT2D eigenvalue weighted by atomic mass is 15.1. The molecular weight excluding hydrogens is 208 g/mol. The lowest BCUT2D eigenvalue weighted by Crippen LogP contribution is -2.39. The summed E-state index contributed by atoms with van der Waals surface area (Å²) in [6.45, 7) is 7.78. The number of aryl methyl sites for hydroxylation is 1. The Labute approximate surface area is 105 Å². The van der Waals surface area contributed by atoms with Crippen molar-refractivity contribution in [3.05, 3.63) is 35.4 Å². The number of piperidine rings is 1. The van der Waals surface area contributed by atoms with E-state index in [1.54, 1.807) is 0 Å². The summed E-state index contributed by atoms with van der Waals surface area (Å²) < 4.78 is 0. The first-order chi connectivity index (χ1) is 8.15. The molecule has 1 fully saturated rings. The van der Waals surface area contributed by atoms with Gasteiger partial charge in [-0.05, 0) is 51.3 Å². The fraction of sp³-hybridized carbons (Fsp3) is 0.600. The van der Waals surface area contributed by atoms with Crippen LogP contribution in [0.15, 0.2) is 24.3 Å². The number of benzene rings is 1. The third-order valence-corrected chi connectivity index (χ3v) is 3.86. The smallest absolute Gasteiger partial charge is 0.0233 e. The molecule has 1 aliphatic heterocycles. The predicted molar refractivity (Wildman–Crippen MR) is 72.8 cm³/mol.